The molecule has 2 rings (SSSR count). The number of aromatic nitrogens is 2. The van der Waals surface area contributed by atoms with Gasteiger partial charge in [-0.3, -0.25) is 4.68 Å². The van der Waals surface area contributed by atoms with Crippen LogP contribution in [0, 0.1) is 6.92 Å². The molecule has 0 atom stereocenters. The van der Waals surface area contributed by atoms with E-state index < -0.39 is 5.97 Å². The maximum Gasteiger partial charge on any atom is 0.356 e. The molecule has 0 aliphatic rings. The van der Waals surface area contributed by atoms with Gasteiger partial charge in [0.05, 0.1) is 6.54 Å². The van der Waals surface area contributed by atoms with Crippen LogP contribution in [0.4, 0.5) is 0 Å². The first-order valence-electron chi connectivity index (χ1n) is 5.19. The molecule has 0 saturated carbocycles. The number of hydrogen-bond donors (Lipinski definition) is 1. The van der Waals surface area contributed by atoms with Gasteiger partial charge in [-0.15, -0.1) is 0 Å². The van der Waals surface area contributed by atoms with E-state index in [4.69, 9.17) is 28.3 Å². The molecule has 0 bridgehead atoms. The highest BCUT2D eigenvalue weighted by Crippen LogP contribution is 2.25. The van der Waals surface area contributed by atoms with Gasteiger partial charge in [0.25, 0.3) is 0 Å². The van der Waals surface area contributed by atoms with Crippen LogP contribution in [0.5, 0.6) is 0 Å². The first-order valence-corrected chi connectivity index (χ1v) is 5.95. The summed E-state index contributed by atoms with van der Waals surface area (Å²) in [5, 5.41) is 13.9. The van der Waals surface area contributed by atoms with Gasteiger partial charge in [-0.1, -0.05) is 29.3 Å². The summed E-state index contributed by atoms with van der Waals surface area (Å²) in [6.07, 6.45) is 0. The van der Waals surface area contributed by atoms with Gasteiger partial charge >= 0.3 is 5.97 Å². The summed E-state index contributed by atoms with van der Waals surface area (Å²) >= 11 is 12.1. The monoisotopic (exact) mass is 284 g/mol. The van der Waals surface area contributed by atoms with Crippen molar-refractivity contribution in [3.05, 3.63) is 51.3 Å². The zero-order valence-corrected chi connectivity index (χ0v) is 11.0. The Morgan fingerprint density at radius 2 is 2.00 bits per heavy atom. The molecule has 0 radical (unpaired) electrons. The summed E-state index contributed by atoms with van der Waals surface area (Å²) in [5.74, 6) is -1.05. The molecular formula is C12H10Cl2N2O2. The second-order valence-corrected chi connectivity index (χ2v) is 4.65. The Balaban J connectivity index is 2.37. The molecule has 0 fully saturated rings. The van der Waals surface area contributed by atoms with E-state index in [1.807, 2.05) is 0 Å². The molecule has 1 heterocycles. The molecule has 0 spiro atoms. The molecule has 1 aromatic carbocycles. The SMILES string of the molecule is Cc1cc(C(=O)O)nn1Cc1c(Cl)cccc1Cl. The second kappa shape index (κ2) is 5.00. The molecule has 0 aliphatic carbocycles. The Labute approximate surface area is 114 Å². The number of nitrogens with zero attached hydrogens (tertiary/aromatic N) is 2. The number of halogens is 2. The predicted octanol–water partition coefficient (Wildman–Crippen LogP) is 3.24. The third-order valence-corrected chi connectivity index (χ3v) is 3.28. The molecular weight excluding hydrogens is 275 g/mol. The lowest BCUT2D eigenvalue weighted by molar-refractivity contribution is 0.0689. The van der Waals surface area contributed by atoms with Crippen LogP contribution < -0.4 is 0 Å². The first-order chi connectivity index (χ1) is 8.49. The number of hydrogen-bond acceptors (Lipinski definition) is 2. The minimum atomic E-state index is -1.05. The van der Waals surface area contributed by atoms with Crippen molar-refractivity contribution in [2.45, 2.75) is 13.5 Å². The first kappa shape index (κ1) is 12.9. The van der Waals surface area contributed by atoms with E-state index in [1.54, 1.807) is 29.8 Å². The van der Waals surface area contributed by atoms with Crippen LogP contribution in [0.1, 0.15) is 21.7 Å². The lowest BCUT2D eigenvalue weighted by Crippen LogP contribution is -2.06. The standard InChI is InChI=1S/C12H10Cl2N2O2/c1-7-5-11(12(17)18)15-16(7)6-8-9(13)3-2-4-10(8)14/h2-5H,6H2,1H3,(H,17,18). The van der Waals surface area contributed by atoms with Gasteiger partial charge in [-0.2, -0.15) is 5.10 Å². The van der Waals surface area contributed by atoms with Crippen molar-refractivity contribution in [3.63, 3.8) is 0 Å². The van der Waals surface area contributed by atoms with Crippen LogP contribution in [0.2, 0.25) is 10.0 Å². The zero-order valence-electron chi connectivity index (χ0n) is 9.52. The third kappa shape index (κ3) is 2.49. The van der Waals surface area contributed by atoms with Crippen LogP contribution in [-0.4, -0.2) is 20.9 Å². The van der Waals surface area contributed by atoms with Crippen molar-refractivity contribution in [3.8, 4) is 0 Å². The van der Waals surface area contributed by atoms with Crippen molar-refractivity contribution in [1.29, 1.82) is 0 Å². The van der Waals surface area contributed by atoms with Crippen molar-refractivity contribution in [1.82, 2.24) is 9.78 Å². The Hall–Kier alpha value is -1.52. The third-order valence-electron chi connectivity index (χ3n) is 2.57. The fourth-order valence-corrected chi connectivity index (χ4v) is 2.12. The Kier molecular flexibility index (Phi) is 3.59. The smallest absolute Gasteiger partial charge is 0.356 e. The largest absolute Gasteiger partial charge is 0.476 e. The maximum absolute atomic E-state index is 10.8. The Morgan fingerprint density at radius 3 is 2.50 bits per heavy atom. The average molecular weight is 285 g/mol. The van der Waals surface area contributed by atoms with Crippen LogP contribution in [0.3, 0.4) is 0 Å². The minimum Gasteiger partial charge on any atom is -0.476 e. The van der Waals surface area contributed by atoms with Crippen molar-refractivity contribution >= 4 is 29.2 Å². The van der Waals surface area contributed by atoms with E-state index in [0.29, 0.717) is 16.6 Å². The van der Waals surface area contributed by atoms with Gasteiger partial charge < -0.3 is 5.11 Å². The number of carboxylic acid groups (broad SMARTS) is 1. The quantitative estimate of drug-likeness (QED) is 0.941. The normalized spacial score (nSPS) is 10.6. The van der Waals surface area contributed by atoms with E-state index in [1.165, 1.54) is 6.07 Å². The lowest BCUT2D eigenvalue weighted by Gasteiger charge is -2.08. The highest BCUT2D eigenvalue weighted by Gasteiger charge is 2.13. The van der Waals surface area contributed by atoms with Crippen LogP contribution in [-0.2, 0) is 6.54 Å². The Bertz CT molecular complexity index is 588. The van der Waals surface area contributed by atoms with Crippen molar-refractivity contribution in [2.75, 3.05) is 0 Å². The molecule has 0 aliphatic heterocycles. The molecule has 0 amide bonds. The molecule has 2 aromatic rings. The summed E-state index contributed by atoms with van der Waals surface area (Å²) in [7, 11) is 0. The molecule has 0 unspecified atom stereocenters. The summed E-state index contributed by atoms with van der Waals surface area (Å²) in [5.41, 5.74) is 1.48. The average Bonchev–Trinajstić information content (AvgIpc) is 2.66. The predicted molar refractivity (Wildman–Crippen MR) is 69.5 cm³/mol. The van der Waals surface area contributed by atoms with Crippen LogP contribution in [0.25, 0.3) is 0 Å². The van der Waals surface area contributed by atoms with Gasteiger partial charge in [0, 0.05) is 21.3 Å². The fraction of sp³-hybridized carbons (Fsp3) is 0.167. The van der Waals surface area contributed by atoms with Gasteiger partial charge in [0.2, 0.25) is 0 Å². The van der Waals surface area contributed by atoms with Crippen LogP contribution >= 0.6 is 23.2 Å². The highest BCUT2D eigenvalue weighted by atomic mass is 35.5. The van der Waals surface area contributed by atoms with Gasteiger partial charge in [-0.05, 0) is 25.1 Å². The fourth-order valence-electron chi connectivity index (χ4n) is 1.61. The number of aryl methyl sites for hydroxylation is 1. The van der Waals surface area contributed by atoms with E-state index >= 15 is 0 Å². The summed E-state index contributed by atoms with van der Waals surface area (Å²) < 4.78 is 1.57. The molecule has 0 saturated heterocycles. The van der Waals surface area contributed by atoms with Gasteiger partial charge in [0.15, 0.2) is 5.69 Å². The molecule has 1 aromatic heterocycles. The molecule has 1 N–H and O–H groups in total. The van der Waals surface area contributed by atoms with E-state index in [9.17, 15) is 4.79 Å². The van der Waals surface area contributed by atoms with E-state index in [-0.39, 0.29) is 5.69 Å². The van der Waals surface area contributed by atoms with Crippen molar-refractivity contribution < 1.29 is 9.90 Å². The van der Waals surface area contributed by atoms with Crippen molar-refractivity contribution in [2.24, 2.45) is 0 Å². The zero-order chi connectivity index (χ0) is 13.3. The summed E-state index contributed by atoms with van der Waals surface area (Å²) in [4.78, 5) is 10.8. The van der Waals surface area contributed by atoms with Gasteiger partial charge in [0.1, 0.15) is 0 Å². The second-order valence-electron chi connectivity index (χ2n) is 3.83. The number of benzene rings is 1. The highest BCUT2D eigenvalue weighted by molar-refractivity contribution is 6.35. The number of carboxylic acids is 1. The molecule has 94 valence electrons. The number of rotatable bonds is 3. The molecule has 4 nitrogen and oxygen atoms in total. The minimum absolute atomic E-state index is 0.00989. The lowest BCUT2D eigenvalue weighted by atomic mass is 10.2. The summed E-state index contributed by atoms with van der Waals surface area (Å²) in [6.45, 7) is 2.13. The Morgan fingerprint density at radius 1 is 1.39 bits per heavy atom. The number of carbonyl (C=O) groups is 1. The summed E-state index contributed by atoms with van der Waals surface area (Å²) in [6, 6.07) is 6.74. The van der Waals surface area contributed by atoms with E-state index in [2.05, 4.69) is 5.10 Å². The number of aromatic carboxylic acids is 1. The topological polar surface area (TPSA) is 55.1 Å². The molecule has 6 heteroatoms. The molecule has 18 heavy (non-hydrogen) atoms. The van der Waals surface area contributed by atoms with Gasteiger partial charge in [-0.25, -0.2) is 4.79 Å². The van der Waals surface area contributed by atoms with E-state index in [0.717, 1.165) is 11.3 Å². The van der Waals surface area contributed by atoms with Crippen LogP contribution in [0.15, 0.2) is 24.3 Å². The maximum atomic E-state index is 10.8.